The Morgan fingerprint density at radius 2 is 2.07 bits per heavy atom. The normalized spacial score (nSPS) is 9.80. The molecule has 0 fully saturated rings. The lowest BCUT2D eigenvalue weighted by Gasteiger charge is -2.05. The zero-order valence-corrected chi connectivity index (χ0v) is 8.63. The fourth-order valence-electron chi connectivity index (χ4n) is 1.14. The Balaban J connectivity index is 2.72. The number of benzene rings is 1. The zero-order valence-electron chi connectivity index (χ0n) is 8.63. The lowest BCUT2D eigenvalue weighted by atomic mass is 10.2. The minimum atomic E-state index is -0.495. The zero-order chi connectivity index (χ0) is 11.4. The van der Waals surface area contributed by atoms with Gasteiger partial charge in [-0.3, -0.25) is 9.59 Å². The number of amides is 1. The van der Waals surface area contributed by atoms with Crippen molar-refractivity contribution in [3.05, 3.63) is 29.6 Å². The molecule has 80 valence electrons. The van der Waals surface area contributed by atoms with Crippen molar-refractivity contribution in [1.82, 2.24) is 0 Å². The number of carbonyl (C=O) groups is 2. The average molecular weight is 209 g/mol. The fourth-order valence-corrected chi connectivity index (χ4v) is 1.14. The van der Waals surface area contributed by atoms with Gasteiger partial charge < -0.3 is 5.32 Å². The van der Waals surface area contributed by atoms with Crippen LogP contribution in [0.4, 0.5) is 10.1 Å². The van der Waals surface area contributed by atoms with E-state index < -0.39 is 11.7 Å². The molecule has 0 saturated heterocycles. The molecule has 3 nitrogen and oxygen atoms in total. The molecule has 0 aliphatic carbocycles. The number of nitrogens with one attached hydrogen (secondary N) is 1. The number of ketones is 1. The quantitative estimate of drug-likeness (QED) is 0.774. The van der Waals surface area contributed by atoms with E-state index in [0.29, 0.717) is 0 Å². The second kappa shape index (κ2) is 4.68. The lowest BCUT2D eigenvalue weighted by Crippen LogP contribution is -2.15. The van der Waals surface area contributed by atoms with Gasteiger partial charge in [-0.15, -0.1) is 0 Å². The smallest absolute Gasteiger partial charge is 0.231 e. The Morgan fingerprint density at radius 3 is 2.60 bits per heavy atom. The van der Waals surface area contributed by atoms with Crippen molar-refractivity contribution in [2.45, 2.75) is 20.3 Å². The molecule has 1 rings (SSSR count). The van der Waals surface area contributed by atoms with Gasteiger partial charge in [-0.05, 0) is 31.5 Å². The molecule has 0 spiro atoms. The predicted octanol–water partition coefficient (Wildman–Crippen LogP) is 2.05. The molecule has 0 unspecified atom stereocenters. The lowest BCUT2D eigenvalue weighted by molar-refractivity contribution is -0.124. The summed E-state index contributed by atoms with van der Waals surface area (Å²) in [5.41, 5.74) is 0.879. The molecule has 0 aromatic heterocycles. The molecule has 0 aliphatic heterocycles. The maximum Gasteiger partial charge on any atom is 0.231 e. The van der Waals surface area contributed by atoms with Gasteiger partial charge in [0.25, 0.3) is 0 Å². The van der Waals surface area contributed by atoms with Crippen molar-refractivity contribution in [3.8, 4) is 0 Å². The number of rotatable bonds is 3. The molecule has 0 heterocycles. The van der Waals surface area contributed by atoms with Crippen LogP contribution in [-0.4, -0.2) is 11.7 Å². The minimum absolute atomic E-state index is 0.104. The molecule has 0 atom stereocenters. The molecular weight excluding hydrogens is 197 g/mol. The van der Waals surface area contributed by atoms with E-state index in [0.717, 1.165) is 5.56 Å². The van der Waals surface area contributed by atoms with Gasteiger partial charge in [-0.2, -0.15) is 0 Å². The van der Waals surface area contributed by atoms with E-state index in [1.165, 1.54) is 19.1 Å². The number of hydrogen-bond acceptors (Lipinski definition) is 2. The highest BCUT2D eigenvalue weighted by atomic mass is 19.1. The number of hydrogen-bond donors (Lipinski definition) is 1. The predicted molar refractivity (Wildman–Crippen MR) is 55.1 cm³/mol. The highest BCUT2D eigenvalue weighted by Gasteiger charge is 2.08. The van der Waals surface area contributed by atoms with Crippen LogP contribution >= 0.6 is 0 Å². The summed E-state index contributed by atoms with van der Waals surface area (Å²) in [6, 6.07) is 4.48. The van der Waals surface area contributed by atoms with Gasteiger partial charge in [-0.25, -0.2) is 4.39 Å². The van der Waals surface area contributed by atoms with Crippen molar-refractivity contribution < 1.29 is 14.0 Å². The molecule has 4 heteroatoms. The van der Waals surface area contributed by atoms with Crippen LogP contribution in [0.2, 0.25) is 0 Å². The summed E-state index contributed by atoms with van der Waals surface area (Å²) in [4.78, 5) is 21.8. The minimum Gasteiger partial charge on any atom is -0.323 e. The summed E-state index contributed by atoms with van der Waals surface area (Å²) in [5, 5.41) is 2.33. The van der Waals surface area contributed by atoms with Gasteiger partial charge >= 0.3 is 0 Å². The first-order valence-corrected chi connectivity index (χ1v) is 4.54. The standard InChI is InChI=1S/C11H12FNO2/c1-7-3-4-10(9(12)5-7)13-11(15)6-8(2)14/h3-5H,6H2,1-2H3,(H,13,15). The summed E-state index contributed by atoms with van der Waals surface area (Å²) >= 11 is 0. The van der Waals surface area contributed by atoms with E-state index in [2.05, 4.69) is 5.32 Å². The highest BCUT2D eigenvalue weighted by molar-refractivity contribution is 6.03. The Morgan fingerprint density at radius 1 is 1.40 bits per heavy atom. The molecule has 15 heavy (non-hydrogen) atoms. The Labute approximate surface area is 87.3 Å². The van der Waals surface area contributed by atoms with Crippen molar-refractivity contribution in [2.75, 3.05) is 5.32 Å². The Hall–Kier alpha value is -1.71. The van der Waals surface area contributed by atoms with Gasteiger partial charge in [0.05, 0.1) is 12.1 Å². The number of anilines is 1. The van der Waals surface area contributed by atoms with Gasteiger partial charge in [0, 0.05) is 0 Å². The monoisotopic (exact) mass is 209 g/mol. The second-order valence-electron chi connectivity index (χ2n) is 3.41. The van der Waals surface area contributed by atoms with Gasteiger partial charge in [-0.1, -0.05) is 6.07 Å². The number of aryl methyl sites for hydroxylation is 1. The fraction of sp³-hybridized carbons (Fsp3) is 0.273. The Bertz CT molecular complexity index is 402. The van der Waals surface area contributed by atoms with Crippen molar-refractivity contribution in [2.24, 2.45) is 0 Å². The van der Waals surface area contributed by atoms with Crippen molar-refractivity contribution >= 4 is 17.4 Å². The van der Waals surface area contributed by atoms with E-state index >= 15 is 0 Å². The molecule has 1 N–H and O–H groups in total. The van der Waals surface area contributed by atoms with E-state index in [4.69, 9.17) is 0 Å². The van der Waals surface area contributed by atoms with E-state index in [1.54, 1.807) is 13.0 Å². The number of halogens is 1. The highest BCUT2D eigenvalue weighted by Crippen LogP contribution is 2.15. The topological polar surface area (TPSA) is 46.2 Å². The average Bonchev–Trinajstić information content (AvgIpc) is 2.08. The third kappa shape index (κ3) is 3.50. The summed E-state index contributed by atoms with van der Waals surface area (Å²) in [6.07, 6.45) is -0.229. The van der Waals surface area contributed by atoms with Crippen LogP contribution in [0.1, 0.15) is 18.9 Å². The van der Waals surface area contributed by atoms with E-state index in [-0.39, 0.29) is 17.9 Å². The SMILES string of the molecule is CC(=O)CC(=O)Nc1ccc(C)cc1F. The van der Waals surface area contributed by atoms with E-state index in [1.807, 2.05) is 0 Å². The third-order valence-electron chi connectivity index (χ3n) is 1.81. The maximum atomic E-state index is 13.2. The van der Waals surface area contributed by atoms with Crippen LogP contribution in [0, 0.1) is 12.7 Å². The molecule has 0 aliphatic rings. The third-order valence-corrected chi connectivity index (χ3v) is 1.81. The maximum absolute atomic E-state index is 13.2. The molecule has 1 aromatic carbocycles. The van der Waals surface area contributed by atoms with Gasteiger partial charge in [0.2, 0.25) is 5.91 Å². The van der Waals surface area contributed by atoms with Crippen LogP contribution in [0.25, 0.3) is 0 Å². The van der Waals surface area contributed by atoms with Crippen molar-refractivity contribution in [1.29, 1.82) is 0 Å². The first-order chi connectivity index (χ1) is 6.99. The molecule has 0 bridgehead atoms. The van der Waals surface area contributed by atoms with Crippen molar-refractivity contribution in [3.63, 3.8) is 0 Å². The van der Waals surface area contributed by atoms with Gasteiger partial charge in [0.1, 0.15) is 11.6 Å². The Kier molecular flexibility index (Phi) is 3.55. The molecule has 0 saturated carbocycles. The van der Waals surface area contributed by atoms with Crippen LogP contribution in [-0.2, 0) is 9.59 Å². The van der Waals surface area contributed by atoms with Crippen LogP contribution in [0.15, 0.2) is 18.2 Å². The molecule has 1 amide bonds. The summed E-state index contributed by atoms with van der Waals surface area (Å²) in [7, 11) is 0. The summed E-state index contributed by atoms with van der Waals surface area (Å²) in [5.74, 6) is -1.24. The number of carbonyl (C=O) groups excluding carboxylic acids is 2. The molecular formula is C11H12FNO2. The number of Topliss-reactive ketones (excluding diaryl/α,β-unsaturated/α-hetero) is 1. The largest absolute Gasteiger partial charge is 0.323 e. The van der Waals surface area contributed by atoms with Crippen LogP contribution < -0.4 is 5.32 Å². The molecule has 0 radical (unpaired) electrons. The summed E-state index contributed by atoms with van der Waals surface area (Å²) < 4.78 is 13.2. The van der Waals surface area contributed by atoms with Crippen LogP contribution in [0.3, 0.4) is 0 Å². The summed E-state index contributed by atoms with van der Waals surface area (Å²) in [6.45, 7) is 3.06. The second-order valence-corrected chi connectivity index (χ2v) is 3.41. The van der Waals surface area contributed by atoms with E-state index in [9.17, 15) is 14.0 Å². The first kappa shape index (κ1) is 11.4. The van der Waals surface area contributed by atoms with Gasteiger partial charge in [0.15, 0.2) is 0 Å². The molecule has 1 aromatic rings. The first-order valence-electron chi connectivity index (χ1n) is 4.54. The van der Waals surface area contributed by atoms with Crippen LogP contribution in [0.5, 0.6) is 0 Å².